The van der Waals surface area contributed by atoms with Gasteiger partial charge >= 0.3 is 5.97 Å². The third-order valence-electron chi connectivity index (χ3n) is 3.99. The Morgan fingerprint density at radius 3 is 2.61 bits per heavy atom. The van der Waals surface area contributed by atoms with Crippen LogP contribution in [0.5, 0.6) is 0 Å². The van der Waals surface area contributed by atoms with Crippen LogP contribution < -0.4 is 11.1 Å². The van der Waals surface area contributed by atoms with Crippen molar-refractivity contribution in [2.24, 2.45) is 11.7 Å². The molecular formula is C16H23ClN2O4. The van der Waals surface area contributed by atoms with Crippen LogP contribution in [-0.4, -0.2) is 38.2 Å². The molecule has 1 aliphatic heterocycles. The van der Waals surface area contributed by atoms with Crippen molar-refractivity contribution < 1.29 is 19.1 Å². The highest BCUT2D eigenvalue weighted by atomic mass is 35.5. The molecule has 1 aliphatic rings. The summed E-state index contributed by atoms with van der Waals surface area (Å²) in [5, 5.41) is 2.81. The molecule has 1 fully saturated rings. The highest BCUT2D eigenvalue weighted by Gasteiger charge is 2.27. The van der Waals surface area contributed by atoms with Crippen molar-refractivity contribution in [1.29, 1.82) is 0 Å². The second-order valence-corrected chi connectivity index (χ2v) is 5.49. The fraction of sp³-hybridized carbons (Fsp3) is 0.500. The fourth-order valence-electron chi connectivity index (χ4n) is 2.51. The topological polar surface area (TPSA) is 90.7 Å². The first-order chi connectivity index (χ1) is 10.5. The first kappa shape index (κ1) is 19.4. The maximum absolute atomic E-state index is 12.3. The number of esters is 1. The van der Waals surface area contributed by atoms with E-state index in [1.807, 2.05) is 6.92 Å². The van der Waals surface area contributed by atoms with E-state index >= 15 is 0 Å². The zero-order chi connectivity index (χ0) is 16.1. The Hall–Kier alpha value is -1.63. The summed E-state index contributed by atoms with van der Waals surface area (Å²) < 4.78 is 9.97. The van der Waals surface area contributed by atoms with Crippen molar-refractivity contribution in [2.45, 2.75) is 25.8 Å². The molecule has 128 valence electrons. The molecule has 1 saturated heterocycles. The van der Waals surface area contributed by atoms with Crippen molar-refractivity contribution in [1.82, 2.24) is 0 Å². The molecular weight excluding hydrogens is 320 g/mol. The number of hydrogen-bond donors (Lipinski definition) is 2. The summed E-state index contributed by atoms with van der Waals surface area (Å²) in [7, 11) is 1.32. The molecule has 7 heteroatoms. The maximum atomic E-state index is 12.3. The Morgan fingerprint density at radius 2 is 2.00 bits per heavy atom. The van der Waals surface area contributed by atoms with E-state index in [1.54, 1.807) is 18.2 Å². The van der Waals surface area contributed by atoms with Crippen LogP contribution in [0.2, 0.25) is 0 Å². The summed E-state index contributed by atoms with van der Waals surface area (Å²) in [6.07, 6.45) is 1.57. The third-order valence-corrected chi connectivity index (χ3v) is 3.99. The summed E-state index contributed by atoms with van der Waals surface area (Å²) in [6, 6.07) is 4.46. The monoisotopic (exact) mass is 342 g/mol. The van der Waals surface area contributed by atoms with Crippen LogP contribution in [0.1, 0.15) is 28.8 Å². The van der Waals surface area contributed by atoms with Gasteiger partial charge in [0, 0.05) is 18.9 Å². The van der Waals surface area contributed by atoms with Crippen molar-refractivity contribution in [3.05, 3.63) is 29.3 Å². The lowest BCUT2D eigenvalue weighted by Crippen LogP contribution is -2.44. The molecule has 1 aromatic rings. The predicted octanol–water partition coefficient (Wildman–Crippen LogP) is 1.90. The van der Waals surface area contributed by atoms with Gasteiger partial charge in [-0.25, -0.2) is 4.79 Å². The van der Waals surface area contributed by atoms with Crippen LogP contribution in [0.3, 0.4) is 0 Å². The number of anilines is 1. The number of benzene rings is 1. The summed E-state index contributed by atoms with van der Waals surface area (Å²) in [5.41, 5.74) is 7.89. The molecule has 1 aromatic carbocycles. The van der Waals surface area contributed by atoms with Gasteiger partial charge in [0.15, 0.2) is 0 Å². The normalized spacial score (nSPS) is 16.1. The number of carbonyl (C=O) groups excluding carboxylic acids is 2. The quantitative estimate of drug-likeness (QED) is 0.815. The Kier molecular flexibility index (Phi) is 7.48. The predicted molar refractivity (Wildman–Crippen MR) is 89.9 cm³/mol. The van der Waals surface area contributed by atoms with Gasteiger partial charge in [-0.05, 0) is 43.4 Å². The van der Waals surface area contributed by atoms with Gasteiger partial charge in [0.2, 0.25) is 5.91 Å². The number of aryl methyl sites for hydroxylation is 1. The second-order valence-electron chi connectivity index (χ2n) is 5.49. The molecule has 2 rings (SSSR count). The van der Waals surface area contributed by atoms with Crippen molar-refractivity contribution in [3.8, 4) is 0 Å². The van der Waals surface area contributed by atoms with Crippen molar-refractivity contribution >= 4 is 30.0 Å². The van der Waals surface area contributed by atoms with E-state index in [4.69, 9.17) is 10.5 Å². The van der Waals surface area contributed by atoms with Gasteiger partial charge in [0.1, 0.15) is 0 Å². The Morgan fingerprint density at radius 1 is 1.35 bits per heavy atom. The molecule has 0 aliphatic carbocycles. The number of carbonyl (C=O) groups is 2. The van der Waals surface area contributed by atoms with E-state index in [-0.39, 0.29) is 24.2 Å². The molecule has 23 heavy (non-hydrogen) atoms. The van der Waals surface area contributed by atoms with E-state index in [2.05, 4.69) is 10.1 Å². The van der Waals surface area contributed by atoms with Gasteiger partial charge in [-0.3, -0.25) is 4.79 Å². The maximum Gasteiger partial charge on any atom is 0.337 e. The number of ether oxygens (including phenoxy) is 2. The van der Waals surface area contributed by atoms with Crippen LogP contribution in [-0.2, 0) is 14.3 Å². The Labute approximate surface area is 142 Å². The molecule has 3 N–H and O–H groups in total. The minimum Gasteiger partial charge on any atom is -0.465 e. The minimum atomic E-state index is -0.579. The van der Waals surface area contributed by atoms with Gasteiger partial charge in [-0.15, -0.1) is 12.4 Å². The number of nitrogens with two attached hydrogens (primary N) is 1. The molecule has 0 saturated carbocycles. The van der Waals surface area contributed by atoms with Gasteiger partial charge in [0.25, 0.3) is 0 Å². The molecule has 6 nitrogen and oxygen atoms in total. The van der Waals surface area contributed by atoms with Crippen LogP contribution in [0.4, 0.5) is 5.69 Å². The van der Waals surface area contributed by atoms with E-state index < -0.39 is 12.0 Å². The lowest BCUT2D eigenvalue weighted by molar-refractivity contribution is -0.119. The summed E-state index contributed by atoms with van der Waals surface area (Å²) in [5.74, 6) is -0.556. The number of nitrogens with one attached hydrogen (secondary N) is 1. The molecule has 0 radical (unpaired) electrons. The third kappa shape index (κ3) is 4.92. The summed E-state index contributed by atoms with van der Waals surface area (Å²) in [4.78, 5) is 23.9. The standard InChI is InChI=1S/C16H22N2O4.ClH/c1-10-3-4-12(16(20)21-2)9-13(10)18-15(19)14(17)11-5-7-22-8-6-11;/h3-4,9,11,14H,5-8,17H2,1-2H3,(H,18,19);1H. The molecule has 1 unspecified atom stereocenters. The first-order valence-corrected chi connectivity index (χ1v) is 7.36. The molecule has 1 amide bonds. The lowest BCUT2D eigenvalue weighted by atomic mass is 9.91. The van der Waals surface area contributed by atoms with Gasteiger partial charge in [-0.1, -0.05) is 6.07 Å². The summed E-state index contributed by atoms with van der Waals surface area (Å²) in [6.45, 7) is 3.14. The Bertz CT molecular complexity index is 559. The minimum absolute atomic E-state index is 0. The zero-order valence-electron chi connectivity index (χ0n) is 13.3. The molecule has 1 atom stereocenters. The molecule has 0 bridgehead atoms. The van der Waals surface area contributed by atoms with E-state index in [0.29, 0.717) is 24.5 Å². The molecule has 0 aromatic heterocycles. The number of hydrogen-bond acceptors (Lipinski definition) is 5. The zero-order valence-corrected chi connectivity index (χ0v) is 14.2. The number of amides is 1. The smallest absolute Gasteiger partial charge is 0.337 e. The first-order valence-electron chi connectivity index (χ1n) is 7.36. The van der Waals surface area contributed by atoms with Crippen LogP contribution in [0.15, 0.2) is 18.2 Å². The van der Waals surface area contributed by atoms with Crippen LogP contribution in [0.25, 0.3) is 0 Å². The highest BCUT2D eigenvalue weighted by molar-refractivity contribution is 5.97. The number of rotatable bonds is 4. The van der Waals surface area contributed by atoms with Crippen LogP contribution >= 0.6 is 12.4 Å². The SMILES string of the molecule is COC(=O)c1ccc(C)c(NC(=O)C(N)C2CCOCC2)c1.Cl. The summed E-state index contributed by atoms with van der Waals surface area (Å²) >= 11 is 0. The van der Waals surface area contributed by atoms with Crippen molar-refractivity contribution in [2.75, 3.05) is 25.6 Å². The average Bonchev–Trinajstić information content (AvgIpc) is 2.56. The van der Waals surface area contributed by atoms with Crippen molar-refractivity contribution in [3.63, 3.8) is 0 Å². The fourth-order valence-corrected chi connectivity index (χ4v) is 2.51. The van der Waals surface area contributed by atoms with Gasteiger partial charge in [-0.2, -0.15) is 0 Å². The number of methoxy groups -OCH3 is 1. The average molecular weight is 343 g/mol. The van der Waals surface area contributed by atoms with E-state index in [0.717, 1.165) is 18.4 Å². The molecule has 1 heterocycles. The van der Waals surface area contributed by atoms with E-state index in [1.165, 1.54) is 7.11 Å². The van der Waals surface area contributed by atoms with Gasteiger partial charge < -0.3 is 20.5 Å². The highest BCUT2D eigenvalue weighted by Crippen LogP contribution is 2.21. The largest absolute Gasteiger partial charge is 0.465 e. The lowest BCUT2D eigenvalue weighted by Gasteiger charge is -2.27. The second kappa shape index (κ2) is 8.86. The number of halogens is 1. The Balaban J connectivity index is 0.00000264. The van der Waals surface area contributed by atoms with E-state index in [9.17, 15) is 9.59 Å². The molecule has 0 spiro atoms. The van der Waals surface area contributed by atoms with Crippen LogP contribution in [0, 0.1) is 12.8 Å². The van der Waals surface area contributed by atoms with Gasteiger partial charge in [0.05, 0.1) is 18.7 Å².